The van der Waals surface area contributed by atoms with Crippen LogP contribution in [0.1, 0.15) is 46.3 Å². The number of nitriles is 1. The lowest BCUT2D eigenvalue weighted by molar-refractivity contribution is 0.0931. The topological polar surface area (TPSA) is 101 Å². The minimum atomic E-state index is -0.233. The largest absolute Gasteiger partial charge is 0.481 e. The van der Waals surface area contributed by atoms with Gasteiger partial charge in [-0.25, -0.2) is 9.97 Å². The third-order valence-electron chi connectivity index (χ3n) is 4.70. The van der Waals surface area contributed by atoms with Crippen molar-refractivity contribution in [3.05, 3.63) is 65.2 Å². The van der Waals surface area contributed by atoms with Gasteiger partial charge in [-0.3, -0.25) is 4.79 Å². The van der Waals surface area contributed by atoms with E-state index in [0.29, 0.717) is 22.9 Å². The summed E-state index contributed by atoms with van der Waals surface area (Å²) in [4.78, 5) is 21.4. The zero-order valence-corrected chi connectivity index (χ0v) is 15.3. The molecular weight excluding hydrogens is 356 g/mol. The number of methoxy groups -OCH3 is 1. The highest BCUT2D eigenvalue weighted by atomic mass is 16.5. The molecule has 1 amide bonds. The summed E-state index contributed by atoms with van der Waals surface area (Å²) in [6.07, 6.45) is 4.09. The Bertz CT molecular complexity index is 1070. The van der Waals surface area contributed by atoms with E-state index in [1.54, 1.807) is 49.7 Å². The third kappa shape index (κ3) is 3.45. The van der Waals surface area contributed by atoms with E-state index < -0.39 is 0 Å². The lowest BCUT2D eigenvalue weighted by Crippen LogP contribution is -2.31. The van der Waals surface area contributed by atoms with E-state index in [1.165, 1.54) is 0 Å². The number of aryl methyl sites for hydroxylation is 1. The Hall–Kier alpha value is -3.66. The van der Waals surface area contributed by atoms with Crippen molar-refractivity contribution in [2.75, 3.05) is 7.11 Å². The van der Waals surface area contributed by atoms with E-state index in [0.717, 1.165) is 36.3 Å². The fraction of sp³-hybridized carbons (Fsp3) is 0.238. The van der Waals surface area contributed by atoms with Gasteiger partial charge in [-0.1, -0.05) is 6.07 Å². The van der Waals surface area contributed by atoms with Crippen LogP contribution in [0.25, 0.3) is 11.5 Å². The predicted octanol–water partition coefficient (Wildman–Crippen LogP) is 3.42. The molecule has 0 spiro atoms. The Kier molecular flexibility index (Phi) is 4.77. The molecule has 0 fully saturated rings. The molecule has 0 saturated carbocycles. The summed E-state index contributed by atoms with van der Waals surface area (Å²) in [5.41, 5.74) is 2.43. The molecule has 0 saturated heterocycles. The van der Waals surface area contributed by atoms with Crippen LogP contribution in [0.2, 0.25) is 0 Å². The first-order valence-corrected chi connectivity index (χ1v) is 8.99. The molecule has 0 bridgehead atoms. The smallest absolute Gasteiger partial charge is 0.251 e. The standard InChI is InChI=1S/C21H18N4O3/c1-27-18-11-15(8-9-23-18)21-25-19-16(6-3-7-17(19)28-21)24-20(26)14-5-2-4-13(10-14)12-22/h2,4-5,8-11,16H,3,6-7H2,1H3,(H,24,26)/t16-/m0/s1. The Morgan fingerprint density at radius 1 is 1.36 bits per heavy atom. The molecule has 3 aromatic rings. The molecule has 28 heavy (non-hydrogen) atoms. The van der Waals surface area contributed by atoms with E-state index >= 15 is 0 Å². The molecule has 1 N–H and O–H groups in total. The quantitative estimate of drug-likeness (QED) is 0.751. The second-order valence-corrected chi connectivity index (χ2v) is 6.53. The van der Waals surface area contributed by atoms with Crippen LogP contribution in [0.3, 0.4) is 0 Å². The number of rotatable bonds is 4. The molecule has 1 aliphatic rings. The van der Waals surface area contributed by atoms with Gasteiger partial charge in [0.2, 0.25) is 11.8 Å². The molecule has 7 heteroatoms. The Labute approximate surface area is 162 Å². The molecule has 0 unspecified atom stereocenters. The first-order valence-electron chi connectivity index (χ1n) is 8.99. The van der Waals surface area contributed by atoms with Crippen LogP contribution in [0.4, 0.5) is 0 Å². The molecule has 7 nitrogen and oxygen atoms in total. The molecule has 1 atom stereocenters. The van der Waals surface area contributed by atoms with Gasteiger partial charge in [0.15, 0.2) is 0 Å². The monoisotopic (exact) mass is 374 g/mol. The van der Waals surface area contributed by atoms with Crippen LogP contribution < -0.4 is 10.1 Å². The van der Waals surface area contributed by atoms with Crippen molar-refractivity contribution in [2.45, 2.75) is 25.3 Å². The van der Waals surface area contributed by atoms with E-state index in [2.05, 4.69) is 15.3 Å². The van der Waals surface area contributed by atoms with Gasteiger partial charge in [0, 0.05) is 29.8 Å². The van der Waals surface area contributed by atoms with Crippen molar-refractivity contribution in [1.82, 2.24) is 15.3 Å². The number of pyridine rings is 1. The number of amides is 1. The summed E-state index contributed by atoms with van der Waals surface area (Å²) in [7, 11) is 1.56. The van der Waals surface area contributed by atoms with Crippen molar-refractivity contribution in [2.24, 2.45) is 0 Å². The number of nitrogens with one attached hydrogen (secondary N) is 1. The van der Waals surface area contributed by atoms with Gasteiger partial charge in [-0.05, 0) is 37.1 Å². The summed E-state index contributed by atoms with van der Waals surface area (Å²) in [5, 5.41) is 12.0. The van der Waals surface area contributed by atoms with E-state index in [1.807, 2.05) is 6.07 Å². The van der Waals surface area contributed by atoms with Crippen LogP contribution >= 0.6 is 0 Å². The minimum Gasteiger partial charge on any atom is -0.481 e. The van der Waals surface area contributed by atoms with E-state index in [4.69, 9.17) is 14.4 Å². The molecule has 0 aliphatic heterocycles. The van der Waals surface area contributed by atoms with Crippen LogP contribution in [0.15, 0.2) is 47.0 Å². The lowest BCUT2D eigenvalue weighted by Gasteiger charge is -2.21. The SMILES string of the molecule is COc1cc(-c2nc3c(o2)CCC[C@@H]3NC(=O)c2cccc(C#N)c2)ccn1. The second-order valence-electron chi connectivity index (χ2n) is 6.53. The highest BCUT2D eigenvalue weighted by Gasteiger charge is 2.28. The first-order chi connectivity index (χ1) is 13.7. The maximum Gasteiger partial charge on any atom is 0.251 e. The summed E-state index contributed by atoms with van der Waals surface area (Å²) in [6, 6.07) is 12.0. The van der Waals surface area contributed by atoms with Gasteiger partial charge in [-0.2, -0.15) is 5.26 Å². The van der Waals surface area contributed by atoms with Gasteiger partial charge in [-0.15, -0.1) is 0 Å². The number of benzene rings is 1. The summed E-state index contributed by atoms with van der Waals surface area (Å²) < 4.78 is 11.1. The Morgan fingerprint density at radius 2 is 2.25 bits per heavy atom. The van der Waals surface area contributed by atoms with Gasteiger partial charge in [0.1, 0.15) is 11.5 Å². The highest BCUT2D eigenvalue weighted by Crippen LogP contribution is 2.33. The average molecular weight is 374 g/mol. The van der Waals surface area contributed by atoms with Gasteiger partial charge in [0.05, 0.1) is 24.8 Å². The summed E-state index contributed by atoms with van der Waals surface area (Å²) in [6.45, 7) is 0. The maximum absolute atomic E-state index is 12.6. The van der Waals surface area contributed by atoms with Crippen LogP contribution in [-0.4, -0.2) is 23.0 Å². The molecule has 4 rings (SSSR count). The van der Waals surface area contributed by atoms with Crippen molar-refractivity contribution >= 4 is 5.91 Å². The number of fused-ring (bicyclic) bond motifs is 1. The fourth-order valence-electron chi connectivity index (χ4n) is 3.31. The number of carbonyl (C=O) groups is 1. The fourth-order valence-corrected chi connectivity index (χ4v) is 3.31. The van der Waals surface area contributed by atoms with Crippen molar-refractivity contribution < 1.29 is 13.9 Å². The number of carbonyl (C=O) groups excluding carboxylic acids is 1. The molecule has 1 aliphatic carbocycles. The van der Waals surface area contributed by atoms with Crippen LogP contribution in [0, 0.1) is 11.3 Å². The number of aromatic nitrogens is 2. The zero-order valence-electron chi connectivity index (χ0n) is 15.3. The zero-order chi connectivity index (χ0) is 19.5. The van der Waals surface area contributed by atoms with Crippen molar-refractivity contribution in [3.63, 3.8) is 0 Å². The maximum atomic E-state index is 12.6. The van der Waals surface area contributed by atoms with Crippen LogP contribution in [0.5, 0.6) is 5.88 Å². The van der Waals surface area contributed by atoms with E-state index in [9.17, 15) is 4.79 Å². The molecular formula is C21H18N4O3. The predicted molar refractivity (Wildman–Crippen MR) is 101 cm³/mol. The number of hydrogen-bond donors (Lipinski definition) is 1. The molecule has 0 radical (unpaired) electrons. The Balaban J connectivity index is 1.59. The summed E-state index contributed by atoms with van der Waals surface area (Å²) >= 11 is 0. The third-order valence-corrected chi connectivity index (χ3v) is 4.70. The Morgan fingerprint density at radius 3 is 3.07 bits per heavy atom. The van der Waals surface area contributed by atoms with E-state index in [-0.39, 0.29) is 11.9 Å². The van der Waals surface area contributed by atoms with Crippen LogP contribution in [-0.2, 0) is 6.42 Å². The minimum absolute atomic E-state index is 0.231. The van der Waals surface area contributed by atoms with Crippen molar-refractivity contribution in [3.8, 4) is 23.4 Å². The lowest BCUT2D eigenvalue weighted by atomic mass is 9.96. The molecule has 1 aromatic carbocycles. The first kappa shape index (κ1) is 17.7. The highest BCUT2D eigenvalue weighted by molar-refractivity contribution is 5.94. The van der Waals surface area contributed by atoms with Gasteiger partial charge >= 0.3 is 0 Å². The normalized spacial score (nSPS) is 15.4. The second kappa shape index (κ2) is 7.53. The molecule has 2 aromatic heterocycles. The van der Waals surface area contributed by atoms with Crippen molar-refractivity contribution in [1.29, 1.82) is 5.26 Å². The number of hydrogen-bond acceptors (Lipinski definition) is 6. The van der Waals surface area contributed by atoms with Gasteiger partial charge in [0.25, 0.3) is 5.91 Å². The van der Waals surface area contributed by atoms with Gasteiger partial charge < -0.3 is 14.5 Å². The number of ether oxygens (including phenoxy) is 1. The number of oxazole rings is 1. The molecule has 140 valence electrons. The molecule has 2 heterocycles. The average Bonchev–Trinajstić information content (AvgIpc) is 3.19. The summed E-state index contributed by atoms with van der Waals surface area (Å²) in [5.74, 6) is 1.52. The number of nitrogens with zero attached hydrogens (tertiary/aromatic N) is 3.